The number of benzene rings is 1. The van der Waals surface area contributed by atoms with Gasteiger partial charge in [-0.15, -0.1) is 0 Å². The van der Waals surface area contributed by atoms with E-state index in [1.807, 2.05) is 0 Å². The number of hydrogen-bond acceptors (Lipinski definition) is 7. The summed E-state index contributed by atoms with van der Waals surface area (Å²) in [7, 11) is -8.20. The molecule has 0 aliphatic rings. The van der Waals surface area contributed by atoms with Crippen LogP contribution in [0.3, 0.4) is 0 Å². The van der Waals surface area contributed by atoms with Crippen LogP contribution in [-0.4, -0.2) is 42.0 Å². The molecule has 4 aromatic rings. The summed E-state index contributed by atoms with van der Waals surface area (Å²) in [6.07, 6.45) is 3.39. The molecule has 1 aromatic carbocycles. The highest BCUT2D eigenvalue weighted by Gasteiger charge is 2.26. The Hall–Kier alpha value is -3.25. The third kappa shape index (κ3) is 3.57. The molecule has 0 bridgehead atoms. The van der Waals surface area contributed by atoms with Gasteiger partial charge in [0.1, 0.15) is 5.82 Å². The number of aryl methyl sites for hydroxylation is 1. The summed E-state index contributed by atoms with van der Waals surface area (Å²) in [5, 5.41) is -0.840. The van der Waals surface area contributed by atoms with E-state index in [0.717, 1.165) is 28.7 Å². The molecule has 8 nitrogen and oxygen atoms in total. The third-order valence-electron chi connectivity index (χ3n) is 4.51. The van der Waals surface area contributed by atoms with Crippen LogP contribution >= 0.6 is 0 Å². The Balaban J connectivity index is 2.05. The van der Waals surface area contributed by atoms with E-state index in [1.54, 1.807) is 25.1 Å². The molecule has 0 unspecified atom stereocenters. The van der Waals surface area contributed by atoms with Crippen molar-refractivity contribution < 1.29 is 25.6 Å². The summed E-state index contributed by atoms with van der Waals surface area (Å²) in [4.78, 5) is 11.4. The topological polar surface area (TPSA) is 112 Å². The van der Waals surface area contributed by atoms with Crippen molar-refractivity contribution in [3.8, 4) is 11.4 Å². The second kappa shape index (κ2) is 7.17. The Morgan fingerprint density at radius 3 is 2.39 bits per heavy atom. The number of nitrogens with zero attached hydrogens (tertiary/aromatic N) is 4. The molecular weight excluding hydrogens is 450 g/mol. The molecule has 4 rings (SSSR count). The molecule has 0 radical (unpaired) electrons. The van der Waals surface area contributed by atoms with Gasteiger partial charge < -0.3 is 0 Å². The first kappa shape index (κ1) is 21.0. The number of rotatable bonds is 4. The molecule has 160 valence electrons. The Labute approximate surface area is 176 Å². The van der Waals surface area contributed by atoms with Crippen molar-refractivity contribution in [1.82, 2.24) is 18.9 Å². The van der Waals surface area contributed by atoms with Crippen LogP contribution in [0.2, 0.25) is 0 Å². The zero-order valence-corrected chi connectivity index (χ0v) is 17.7. The number of halogens is 2. The molecule has 0 atom stereocenters. The third-order valence-corrected chi connectivity index (χ3v) is 7.31. The van der Waals surface area contributed by atoms with E-state index >= 15 is 0 Å². The van der Waals surface area contributed by atoms with Gasteiger partial charge in [0, 0.05) is 23.4 Å². The van der Waals surface area contributed by atoms with Crippen LogP contribution in [0.15, 0.2) is 58.8 Å². The van der Waals surface area contributed by atoms with Crippen LogP contribution in [0.5, 0.6) is 0 Å². The Morgan fingerprint density at radius 1 is 1.00 bits per heavy atom. The second-order valence-electron chi connectivity index (χ2n) is 6.75. The van der Waals surface area contributed by atoms with Crippen molar-refractivity contribution >= 4 is 30.9 Å². The quantitative estimate of drug-likeness (QED) is 0.427. The fourth-order valence-corrected chi connectivity index (χ4v) is 5.32. The molecule has 0 amide bonds. The van der Waals surface area contributed by atoms with Gasteiger partial charge >= 0.3 is 0 Å². The average Bonchev–Trinajstić information content (AvgIpc) is 3.07. The monoisotopic (exact) mass is 464 g/mol. The summed E-state index contributed by atoms with van der Waals surface area (Å²) in [5.41, 5.74) is 0.336. The molecule has 0 saturated carbocycles. The molecule has 0 aliphatic carbocycles. The minimum atomic E-state index is -4.16. The van der Waals surface area contributed by atoms with E-state index in [-0.39, 0.29) is 27.3 Å². The highest BCUT2D eigenvalue weighted by molar-refractivity contribution is 7.90. The molecule has 0 spiro atoms. The van der Waals surface area contributed by atoms with Gasteiger partial charge in [-0.3, -0.25) is 0 Å². The zero-order chi connectivity index (χ0) is 22.6. The van der Waals surface area contributed by atoms with E-state index in [0.29, 0.717) is 11.8 Å². The van der Waals surface area contributed by atoms with Crippen molar-refractivity contribution in [2.45, 2.75) is 16.8 Å². The van der Waals surface area contributed by atoms with E-state index in [1.165, 1.54) is 6.07 Å². The lowest BCUT2D eigenvalue weighted by Crippen LogP contribution is -2.13. The molecule has 3 heterocycles. The lowest BCUT2D eigenvalue weighted by atomic mass is 10.2. The van der Waals surface area contributed by atoms with Gasteiger partial charge in [0.2, 0.25) is 0 Å². The predicted molar refractivity (Wildman–Crippen MR) is 108 cm³/mol. The summed E-state index contributed by atoms with van der Waals surface area (Å²) < 4.78 is 79.0. The average molecular weight is 464 g/mol. The molecule has 12 heteroatoms. The molecule has 3 aromatic heterocycles. The number of fused-ring (bicyclic) bond motifs is 1. The first-order valence-electron chi connectivity index (χ1n) is 8.71. The van der Waals surface area contributed by atoms with Crippen LogP contribution < -0.4 is 0 Å². The highest BCUT2D eigenvalue weighted by atomic mass is 32.2. The smallest absolute Gasteiger partial charge is 0.234 e. The largest absolute Gasteiger partial charge is 0.269 e. The van der Waals surface area contributed by atoms with Gasteiger partial charge in [-0.25, -0.2) is 44.5 Å². The zero-order valence-electron chi connectivity index (χ0n) is 16.1. The van der Waals surface area contributed by atoms with Gasteiger partial charge in [0.25, 0.3) is 10.0 Å². The van der Waals surface area contributed by atoms with Crippen molar-refractivity contribution in [1.29, 1.82) is 0 Å². The number of aromatic nitrogens is 4. The van der Waals surface area contributed by atoms with Gasteiger partial charge in [0.15, 0.2) is 32.2 Å². The van der Waals surface area contributed by atoms with E-state index in [4.69, 9.17) is 0 Å². The first-order valence-corrected chi connectivity index (χ1v) is 12.0. The van der Waals surface area contributed by atoms with Gasteiger partial charge in [-0.1, -0.05) is 18.2 Å². The number of hydrogen-bond donors (Lipinski definition) is 0. The van der Waals surface area contributed by atoms with E-state index < -0.39 is 36.5 Å². The van der Waals surface area contributed by atoms with Gasteiger partial charge in [-0.2, -0.15) is 0 Å². The van der Waals surface area contributed by atoms with Crippen molar-refractivity contribution in [3.05, 3.63) is 66.1 Å². The fourth-order valence-electron chi connectivity index (χ4n) is 3.11. The minimum absolute atomic E-state index is 0.00132. The summed E-state index contributed by atoms with van der Waals surface area (Å²) in [6.45, 7) is 1.62. The SMILES string of the molecule is Cc1ccccc1S(=O)(=O)n1cc(-c2ncc(F)c(S(C)(=O)=O)n2)c2cc(F)cnc21. The van der Waals surface area contributed by atoms with E-state index in [9.17, 15) is 25.6 Å². The first-order chi connectivity index (χ1) is 14.5. The summed E-state index contributed by atoms with van der Waals surface area (Å²) in [6, 6.07) is 7.29. The number of sulfone groups is 1. The second-order valence-corrected chi connectivity index (χ2v) is 10.5. The van der Waals surface area contributed by atoms with Gasteiger partial charge in [0.05, 0.1) is 17.3 Å². The number of pyridine rings is 1. The summed E-state index contributed by atoms with van der Waals surface area (Å²) in [5.74, 6) is -2.21. The Morgan fingerprint density at radius 2 is 1.71 bits per heavy atom. The van der Waals surface area contributed by atoms with Crippen molar-refractivity contribution in [3.63, 3.8) is 0 Å². The van der Waals surface area contributed by atoms with Crippen LogP contribution in [0, 0.1) is 18.6 Å². The van der Waals surface area contributed by atoms with Crippen molar-refractivity contribution in [2.75, 3.05) is 6.26 Å². The maximum absolute atomic E-state index is 13.9. The minimum Gasteiger partial charge on any atom is -0.234 e. The molecule has 0 N–H and O–H groups in total. The maximum atomic E-state index is 13.9. The van der Waals surface area contributed by atoms with E-state index in [2.05, 4.69) is 15.0 Å². The standard InChI is InChI=1S/C19H14F2N4O4S2/c1-11-5-3-4-6-16(11)31(28,29)25-10-14(13-7-12(20)8-23-18(13)25)17-22-9-15(21)19(24-17)30(2,26)27/h3-10H,1-2H3. The Kier molecular flexibility index (Phi) is 4.85. The maximum Gasteiger partial charge on any atom is 0.269 e. The summed E-state index contributed by atoms with van der Waals surface area (Å²) >= 11 is 0. The molecule has 0 aliphatic heterocycles. The Bertz CT molecular complexity index is 1570. The normalized spacial score (nSPS) is 12.4. The molecule has 31 heavy (non-hydrogen) atoms. The lowest BCUT2D eigenvalue weighted by Gasteiger charge is -2.09. The highest BCUT2D eigenvalue weighted by Crippen LogP contribution is 2.32. The molecule has 0 fully saturated rings. The predicted octanol–water partition coefficient (Wildman–Crippen LogP) is 2.72. The van der Waals surface area contributed by atoms with Crippen LogP contribution in [0.25, 0.3) is 22.4 Å². The van der Waals surface area contributed by atoms with Crippen LogP contribution in [0.1, 0.15) is 5.56 Å². The van der Waals surface area contributed by atoms with Crippen LogP contribution in [0.4, 0.5) is 8.78 Å². The van der Waals surface area contributed by atoms with Gasteiger partial charge in [-0.05, 0) is 24.6 Å². The van der Waals surface area contributed by atoms with Crippen LogP contribution in [-0.2, 0) is 19.9 Å². The molecule has 0 saturated heterocycles. The fraction of sp³-hybridized carbons (Fsp3) is 0.105. The lowest BCUT2D eigenvalue weighted by molar-refractivity contribution is 0.552. The molecular formula is C19H14F2N4O4S2. The van der Waals surface area contributed by atoms with Crippen molar-refractivity contribution in [2.24, 2.45) is 0 Å².